The molecule has 0 fully saturated rings. The Morgan fingerprint density at radius 1 is 0.333 bits per heavy atom. The third kappa shape index (κ3) is 72.3. The minimum atomic E-state index is -4.97. The molecule has 0 aromatic carbocycles. The fraction of sp³-hybridized carbons (Fsp3) is 0.900. The molecule has 0 heterocycles. The summed E-state index contributed by atoms with van der Waals surface area (Å²) in [4.78, 5) is 73.0. The summed E-state index contributed by atoms with van der Waals surface area (Å²) in [5.41, 5.74) is 0. The molecule has 17 nitrogen and oxygen atoms in total. The SMILES string of the molecule is CCCCCC/C=C\C=C/CCCCCCCC(=O)OC[C@H](COP(=O)(O)OC[C@@H](O)COP(=O)(O)OC[C@@H](COC(=O)CCCCCCCCCCCCC(C)C)OC(=O)CCCCCCCCCCCCC(C)CC)OC(=O)CCCCCCCCCCCCCCCCCCC. The average molecular weight is 1450 g/mol. The molecule has 584 valence electrons. The lowest BCUT2D eigenvalue weighted by Gasteiger charge is -2.21. The lowest BCUT2D eigenvalue weighted by molar-refractivity contribution is -0.161. The number of esters is 4. The number of phosphoric acid groups is 2. The van der Waals surface area contributed by atoms with E-state index in [0.717, 1.165) is 121 Å². The van der Waals surface area contributed by atoms with Gasteiger partial charge < -0.3 is 33.8 Å². The van der Waals surface area contributed by atoms with Crippen LogP contribution in [0.2, 0.25) is 0 Å². The van der Waals surface area contributed by atoms with Crippen molar-refractivity contribution in [2.75, 3.05) is 39.6 Å². The number of hydrogen-bond acceptors (Lipinski definition) is 15. The van der Waals surface area contributed by atoms with Crippen molar-refractivity contribution in [2.24, 2.45) is 11.8 Å². The molecule has 0 aliphatic carbocycles. The molecule has 0 saturated carbocycles. The molecule has 0 spiro atoms. The van der Waals surface area contributed by atoms with E-state index < -0.39 is 97.5 Å². The Balaban J connectivity index is 5.31. The van der Waals surface area contributed by atoms with Gasteiger partial charge in [0.05, 0.1) is 26.4 Å². The van der Waals surface area contributed by atoms with Crippen LogP contribution in [0, 0.1) is 11.8 Å². The monoisotopic (exact) mass is 1450 g/mol. The van der Waals surface area contributed by atoms with E-state index in [4.69, 9.17) is 37.0 Å². The Labute approximate surface area is 605 Å². The Bertz CT molecular complexity index is 2000. The standard InChI is InChI=1S/C80H152O17P2/c1-7-10-12-14-16-18-20-22-24-25-27-29-31-40-46-52-58-64-79(84)96-75(68-90-77(82)62-56-50-44-38-30-28-26-23-21-19-17-15-13-11-8-2)70-94-98(86,87)92-66-74(81)67-93-99(88,89)95-71-76(69-91-78(83)63-57-51-45-39-34-32-36-42-48-54-60-72(4)5)97-80(85)65-59-53-47-41-35-33-37-43-49-55-61-73(6)9-3/h19,21,23,26,72-76,81H,7-18,20,22,24-25,27-71H2,1-6H3,(H,86,87)(H,88,89)/b21-19-,26-23-/t73?,74-,75-,76-/m1/s1. The van der Waals surface area contributed by atoms with Crippen LogP contribution < -0.4 is 0 Å². The first-order chi connectivity index (χ1) is 47.9. The van der Waals surface area contributed by atoms with Gasteiger partial charge in [-0.2, -0.15) is 0 Å². The fourth-order valence-corrected chi connectivity index (χ4v) is 13.4. The Kier molecular flexibility index (Phi) is 69.4. The summed E-state index contributed by atoms with van der Waals surface area (Å²) in [5.74, 6) is -0.581. The van der Waals surface area contributed by atoms with Gasteiger partial charge in [-0.25, -0.2) is 9.13 Å². The molecule has 0 aromatic rings. The lowest BCUT2D eigenvalue weighted by Crippen LogP contribution is -2.30. The maximum Gasteiger partial charge on any atom is 0.472 e. The summed E-state index contributed by atoms with van der Waals surface area (Å²) in [7, 11) is -9.93. The zero-order chi connectivity index (χ0) is 72.8. The summed E-state index contributed by atoms with van der Waals surface area (Å²) in [6.45, 7) is 9.58. The molecular weight excluding hydrogens is 1290 g/mol. The van der Waals surface area contributed by atoms with E-state index in [-0.39, 0.29) is 25.7 Å². The lowest BCUT2D eigenvalue weighted by atomic mass is 9.99. The van der Waals surface area contributed by atoms with Crippen molar-refractivity contribution in [2.45, 2.75) is 413 Å². The first-order valence-corrected chi connectivity index (χ1v) is 43.8. The Morgan fingerprint density at radius 2 is 0.596 bits per heavy atom. The topological polar surface area (TPSA) is 237 Å². The first kappa shape index (κ1) is 96.5. The van der Waals surface area contributed by atoms with E-state index in [1.165, 1.54) is 193 Å². The van der Waals surface area contributed by atoms with Gasteiger partial charge in [0.1, 0.15) is 19.3 Å². The van der Waals surface area contributed by atoms with E-state index in [9.17, 15) is 43.2 Å². The summed E-state index contributed by atoms with van der Waals surface area (Å²) in [6.07, 6.45) is 63.1. The molecule has 0 radical (unpaired) electrons. The highest BCUT2D eigenvalue weighted by Gasteiger charge is 2.30. The highest BCUT2D eigenvalue weighted by molar-refractivity contribution is 7.47. The van der Waals surface area contributed by atoms with E-state index >= 15 is 0 Å². The second-order valence-electron chi connectivity index (χ2n) is 28.8. The second-order valence-corrected chi connectivity index (χ2v) is 31.7. The predicted molar refractivity (Wildman–Crippen MR) is 404 cm³/mol. The first-order valence-electron chi connectivity index (χ1n) is 40.8. The zero-order valence-corrected chi connectivity index (χ0v) is 66.1. The number of phosphoric ester groups is 2. The van der Waals surface area contributed by atoms with Crippen molar-refractivity contribution in [3.8, 4) is 0 Å². The van der Waals surface area contributed by atoms with Gasteiger partial charge in [-0.15, -0.1) is 0 Å². The van der Waals surface area contributed by atoms with Gasteiger partial charge in [0, 0.05) is 25.7 Å². The summed E-state index contributed by atoms with van der Waals surface area (Å²) in [5, 5.41) is 10.6. The normalized spacial score (nSPS) is 14.4. The van der Waals surface area contributed by atoms with Gasteiger partial charge in [-0.1, -0.05) is 342 Å². The number of aliphatic hydroxyl groups is 1. The van der Waals surface area contributed by atoms with E-state index in [2.05, 4.69) is 65.8 Å². The largest absolute Gasteiger partial charge is 0.472 e. The van der Waals surface area contributed by atoms with Gasteiger partial charge in [0.15, 0.2) is 12.2 Å². The summed E-state index contributed by atoms with van der Waals surface area (Å²) >= 11 is 0. The van der Waals surface area contributed by atoms with Crippen molar-refractivity contribution >= 4 is 39.5 Å². The quantitative estimate of drug-likeness (QED) is 0.0169. The van der Waals surface area contributed by atoms with E-state index in [0.29, 0.717) is 25.7 Å². The van der Waals surface area contributed by atoms with Crippen LogP contribution in [0.25, 0.3) is 0 Å². The third-order valence-corrected chi connectivity index (χ3v) is 20.3. The molecule has 0 amide bonds. The molecule has 0 aromatic heterocycles. The third-order valence-electron chi connectivity index (χ3n) is 18.4. The minimum absolute atomic E-state index is 0.101. The number of allylic oxidation sites excluding steroid dienone is 4. The number of ether oxygens (including phenoxy) is 4. The van der Waals surface area contributed by atoms with Crippen LogP contribution in [0.15, 0.2) is 24.3 Å². The Hall–Kier alpha value is -2.46. The van der Waals surface area contributed by atoms with Crippen LogP contribution >= 0.6 is 15.6 Å². The molecule has 3 unspecified atom stereocenters. The van der Waals surface area contributed by atoms with E-state index in [1.807, 2.05) is 0 Å². The number of carbonyl (C=O) groups is 4. The van der Waals surface area contributed by atoms with Gasteiger partial charge >= 0.3 is 39.5 Å². The van der Waals surface area contributed by atoms with Gasteiger partial charge in [0.25, 0.3) is 0 Å². The van der Waals surface area contributed by atoms with E-state index in [1.54, 1.807) is 0 Å². The van der Waals surface area contributed by atoms with Crippen LogP contribution in [0.4, 0.5) is 0 Å². The second kappa shape index (κ2) is 71.2. The average Bonchev–Trinajstić information content (AvgIpc) is 1.00. The van der Waals surface area contributed by atoms with Crippen LogP contribution in [-0.2, 0) is 65.4 Å². The van der Waals surface area contributed by atoms with Gasteiger partial charge in [-0.05, 0) is 63.2 Å². The molecule has 99 heavy (non-hydrogen) atoms. The highest BCUT2D eigenvalue weighted by atomic mass is 31.2. The van der Waals surface area contributed by atoms with Crippen LogP contribution in [-0.4, -0.2) is 96.7 Å². The molecule has 0 aliphatic rings. The smallest absolute Gasteiger partial charge is 0.462 e. The van der Waals surface area contributed by atoms with Gasteiger partial charge in [-0.3, -0.25) is 37.3 Å². The molecule has 0 saturated heterocycles. The van der Waals surface area contributed by atoms with Crippen molar-refractivity contribution < 1.29 is 80.2 Å². The van der Waals surface area contributed by atoms with Crippen LogP contribution in [0.1, 0.15) is 395 Å². The van der Waals surface area contributed by atoms with Crippen molar-refractivity contribution in [3.05, 3.63) is 24.3 Å². The molecule has 19 heteroatoms. The fourth-order valence-electron chi connectivity index (χ4n) is 11.8. The van der Waals surface area contributed by atoms with Gasteiger partial charge in [0.2, 0.25) is 0 Å². The molecule has 0 aliphatic heterocycles. The number of rotatable bonds is 77. The highest BCUT2D eigenvalue weighted by Crippen LogP contribution is 2.45. The molecule has 0 rings (SSSR count). The summed E-state index contributed by atoms with van der Waals surface area (Å²) < 4.78 is 68.7. The van der Waals surface area contributed by atoms with Crippen molar-refractivity contribution in [1.29, 1.82) is 0 Å². The maximum atomic E-state index is 13.1. The molecule has 0 bridgehead atoms. The van der Waals surface area contributed by atoms with Crippen molar-refractivity contribution in [3.63, 3.8) is 0 Å². The Morgan fingerprint density at radius 3 is 0.909 bits per heavy atom. The predicted octanol–water partition coefficient (Wildman–Crippen LogP) is 23.4. The zero-order valence-electron chi connectivity index (χ0n) is 64.3. The van der Waals surface area contributed by atoms with Crippen LogP contribution in [0.3, 0.4) is 0 Å². The summed E-state index contributed by atoms with van der Waals surface area (Å²) in [6, 6.07) is 0. The molecule has 6 atom stereocenters. The minimum Gasteiger partial charge on any atom is -0.462 e. The van der Waals surface area contributed by atoms with Crippen LogP contribution in [0.5, 0.6) is 0 Å². The van der Waals surface area contributed by atoms with Crippen molar-refractivity contribution in [1.82, 2.24) is 0 Å². The maximum absolute atomic E-state index is 13.1. The number of carbonyl (C=O) groups excluding carboxylic acids is 4. The molecule has 3 N–H and O–H groups in total. The number of hydrogen-bond donors (Lipinski definition) is 3. The number of aliphatic hydroxyl groups excluding tert-OH is 1. The molecular formula is C80H152O17P2. The number of unbranched alkanes of at least 4 members (excludes halogenated alkanes) is 43.